The molecule has 2 amide bonds. The Kier molecular flexibility index (Phi) is 6.66. The first kappa shape index (κ1) is 23.2. The number of hydrogen-bond acceptors (Lipinski definition) is 5. The quantitative estimate of drug-likeness (QED) is 0.693. The molecule has 1 N–H and O–H groups in total. The van der Waals surface area contributed by atoms with Crippen LogP contribution in [0.25, 0.3) is 0 Å². The average molecular weight is 476 g/mol. The van der Waals surface area contributed by atoms with Gasteiger partial charge in [-0.3, -0.25) is 9.59 Å². The first-order chi connectivity index (χ1) is 15.8. The molecule has 2 aromatic carbocycles. The molecule has 2 fully saturated rings. The van der Waals surface area contributed by atoms with E-state index in [2.05, 4.69) is 5.32 Å². The predicted molar refractivity (Wildman–Crippen MR) is 121 cm³/mol. The molecule has 0 radical (unpaired) electrons. The molecule has 33 heavy (non-hydrogen) atoms. The third-order valence-corrected chi connectivity index (χ3v) is 7.92. The van der Waals surface area contributed by atoms with Gasteiger partial charge in [0.25, 0.3) is 0 Å². The van der Waals surface area contributed by atoms with Crippen molar-refractivity contribution in [1.29, 1.82) is 0 Å². The number of rotatable bonds is 6. The van der Waals surface area contributed by atoms with E-state index in [9.17, 15) is 22.4 Å². The highest BCUT2D eigenvalue weighted by Crippen LogP contribution is 2.32. The van der Waals surface area contributed by atoms with Gasteiger partial charge in [-0.25, -0.2) is 12.8 Å². The van der Waals surface area contributed by atoms with Crippen LogP contribution >= 0.6 is 0 Å². The predicted octanol–water partition coefficient (Wildman–Crippen LogP) is 3.00. The van der Waals surface area contributed by atoms with Crippen molar-refractivity contribution in [3.63, 3.8) is 0 Å². The number of carbonyl (C=O) groups is 2. The number of methoxy groups -OCH3 is 1. The monoisotopic (exact) mass is 475 g/mol. The number of nitrogens with zero attached hydrogens (tertiary/aromatic N) is 2. The fraction of sp³-hybridized carbons (Fsp3) is 0.391. The Hall–Kier alpha value is -2.98. The van der Waals surface area contributed by atoms with Crippen LogP contribution in [0.15, 0.2) is 47.4 Å². The van der Waals surface area contributed by atoms with E-state index >= 15 is 0 Å². The number of sulfonamides is 1. The number of nitrogens with one attached hydrogen (secondary N) is 1. The SMILES string of the molecule is COc1ccc(S(=O)(=O)N2CCCCC2)cc1NC(=O)C1CC(=O)N(c2ccccc2F)C1. The Morgan fingerprint density at radius 2 is 1.85 bits per heavy atom. The van der Waals surface area contributed by atoms with Crippen molar-refractivity contribution in [3.05, 3.63) is 48.3 Å². The molecule has 0 bridgehead atoms. The van der Waals surface area contributed by atoms with Crippen LogP contribution in [0.4, 0.5) is 15.8 Å². The van der Waals surface area contributed by atoms with E-state index < -0.39 is 27.7 Å². The van der Waals surface area contributed by atoms with Crippen LogP contribution in [0.2, 0.25) is 0 Å². The van der Waals surface area contributed by atoms with Gasteiger partial charge in [0.05, 0.1) is 29.3 Å². The second kappa shape index (κ2) is 9.48. The number of hydrogen-bond donors (Lipinski definition) is 1. The highest BCUT2D eigenvalue weighted by atomic mass is 32.2. The molecular weight excluding hydrogens is 449 g/mol. The van der Waals surface area contributed by atoms with Crippen LogP contribution in [-0.2, 0) is 19.6 Å². The van der Waals surface area contributed by atoms with Crippen molar-refractivity contribution in [2.24, 2.45) is 5.92 Å². The van der Waals surface area contributed by atoms with E-state index in [0.717, 1.165) is 19.3 Å². The standard InChI is InChI=1S/C23H26FN3O5S/c1-32-21-10-9-17(33(30,31)26-11-5-2-6-12-26)14-19(21)25-23(29)16-13-22(28)27(15-16)20-8-4-3-7-18(20)24/h3-4,7-10,14,16H,2,5-6,11-13,15H2,1H3,(H,25,29). The van der Waals surface area contributed by atoms with Gasteiger partial charge in [-0.05, 0) is 43.2 Å². The third-order valence-electron chi connectivity index (χ3n) is 6.02. The summed E-state index contributed by atoms with van der Waals surface area (Å²) in [6.07, 6.45) is 2.55. The summed E-state index contributed by atoms with van der Waals surface area (Å²) in [7, 11) is -2.28. The molecule has 1 unspecified atom stereocenters. The maximum atomic E-state index is 14.1. The minimum atomic E-state index is -3.70. The fourth-order valence-corrected chi connectivity index (χ4v) is 5.76. The van der Waals surface area contributed by atoms with Crippen LogP contribution in [0.1, 0.15) is 25.7 Å². The van der Waals surface area contributed by atoms with Gasteiger partial charge < -0.3 is 15.0 Å². The molecule has 2 aliphatic heterocycles. The number of ether oxygens (including phenoxy) is 1. The molecule has 0 saturated carbocycles. The molecule has 0 spiro atoms. The van der Waals surface area contributed by atoms with Crippen LogP contribution in [-0.4, -0.2) is 51.3 Å². The molecule has 2 heterocycles. The van der Waals surface area contributed by atoms with E-state index in [1.165, 1.54) is 52.7 Å². The lowest BCUT2D eigenvalue weighted by Crippen LogP contribution is -2.35. The average Bonchev–Trinajstić information content (AvgIpc) is 3.21. The van der Waals surface area contributed by atoms with Crippen molar-refractivity contribution in [1.82, 2.24) is 4.31 Å². The van der Waals surface area contributed by atoms with E-state index in [1.54, 1.807) is 6.07 Å². The Morgan fingerprint density at radius 1 is 1.12 bits per heavy atom. The smallest absolute Gasteiger partial charge is 0.243 e. The zero-order chi connectivity index (χ0) is 23.6. The van der Waals surface area contributed by atoms with Gasteiger partial charge >= 0.3 is 0 Å². The summed E-state index contributed by atoms with van der Waals surface area (Å²) < 4.78 is 47.0. The number of amides is 2. The summed E-state index contributed by atoms with van der Waals surface area (Å²) in [4.78, 5) is 26.7. The summed E-state index contributed by atoms with van der Waals surface area (Å²) >= 11 is 0. The van der Waals surface area contributed by atoms with Crippen LogP contribution < -0.4 is 15.0 Å². The van der Waals surface area contributed by atoms with Crippen molar-refractivity contribution in [2.75, 3.05) is 37.0 Å². The zero-order valence-electron chi connectivity index (χ0n) is 18.3. The minimum absolute atomic E-state index is 0.0275. The van der Waals surface area contributed by atoms with Crippen molar-refractivity contribution < 1.29 is 27.1 Å². The van der Waals surface area contributed by atoms with Gasteiger partial charge in [0.15, 0.2) is 0 Å². The number of para-hydroxylation sites is 1. The summed E-state index contributed by atoms with van der Waals surface area (Å²) in [5.41, 5.74) is 0.336. The molecule has 10 heteroatoms. The Morgan fingerprint density at radius 3 is 2.55 bits per heavy atom. The van der Waals surface area contributed by atoms with Gasteiger partial charge in [0.2, 0.25) is 21.8 Å². The topological polar surface area (TPSA) is 96.0 Å². The molecule has 0 aromatic heterocycles. The molecular formula is C23H26FN3O5S. The lowest BCUT2D eigenvalue weighted by Gasteiger charge is -2.26. The molecule has 4 rings (SSSR count). The maximum absolute atomic E-state index is 14.1. The van der Waals surface area contributed by atoms with Gasteiger partial charge in [-0.15, -0.1) is 0 Å². The molecule has 2 saturated heterocycles. The zero-order valence-corrected chi connectivity index (χ0v) is 19.1. The summed E-state index contributed by atoms with van der Waals surface area (Å²) in [5, 5.41) is 2.71. The van der Waals surface area contributed by atoms with E-state index in [0.29, 0.717) is 18.8 Å². The third kappa shape index (κ3) is 4.72. The first-order valence-electron chi connectivity index (χ1n) is 10.8. The van der Waals surface area contributed by atoms with Gasteiger partial charge in [0, 0.05) is 26.1 Å². The van der Waals surface area contributed by atoms with Gasteiger partial charge in [-0.2, -0.15) is 4.31 Å². The Bertz CT molecular complexity index is 1160. The lowest BCUT2D eigenvalue weighted by atomic mass is 10.1. The Labute approximate surface area is 192 Å². The number of halogens is 1. The molecule has 8 nitrogen and oxygen atoms in total. The van der Waals surface area contributed by atoms with Crippen LogP contribution in [0.3, 0.4) is 0 Å². The molecule has 176 valence electrons. The summed E-state index contributed by atoms with van der Waals surface area (Å²) in [6.45, 7) is 0.956. The second-order valence-corrected chi connectivity index (χ2v) is 10.1. The number of benzene rings is 2. The highest BCUT2D eigenvalue weighted by Gasteiger charge is 2.36. The largest absolute Gasteiger partial charge is 0.495 e. The van der Waals surface area contributed by atoms with Crippen molar-refractivity contribution >= 4 is 33.2 Å². The lowest BCUT2D eigenvalue weighted by molar-refractivity contribution is -0.122. The van der Waals surface area contributed by atoms with Gasteiger partial charge in [-0.1, -0.05) is 18.6 Å². The van der Waals surface area contributed by atoms with Gasteiger partial charge in [0.1, 0.15) is 11.6 Å². The minimum Gasteiger partial charge on any atom is -0.495 e. The first-order valence-corrected chi connectivity index (χ1v) is 12.3. The highest BCUT2D eigenvalue weighted by molar-refractivity contribution is 7.89. The number of carbonyl (C=O) groups excluding carboxylic acids is 2. The van der Waals surface area contributed by atoms with Crippen LogP contribution in [0, 0.1) is 11.7 Å². The van der Waals surface area contributed by atoms with E-state index in [1.807, 2.05) is 0 Å². The molecule has 0 aliphatic carbocycles. The van der Waals surface area contributed by atoms with Crippen LogP contribution in [0.5, 0.6) is 5.75 Å². The van der Waals surface area contributed by atoms with Crippen molar-refractivity contribution in [2.45, 2.75) is 30.6 Å². The molecule has 2 aliphatic rings. The van der Waals surface area contributed by atoms with E-state index in [4.69, 9.17) is 4.74 Å². The summed E-state index contributed by atoms with van der Waals surface area (Å²) in [6, 6.07) is 10.2. The Balaban J connectivity index is 1.53. The maximum Gasteiger partial charge on any atom is 0.243 e. The molecule has 2 aromatic rings. The summed E-state index contributed by atoms with van der Waals surface area (Å²) in [5.74, 6) is -1.77. The number of anilines is 2. The van der Waals surface area contributed by atoms with E-state index in [-0.39, 0.29) is 35.1 Å². The second-order valence-electron chi connectivity index (χ2n) is 8.17. The number of piperidine rings is 1. The van der Waals surface area contributed by atoms with Crippen molar-refractivity contribution in [3.8, 4) is 5.75 Å². The fourth-order valence-electron chi connectivity index (χ4n) is 4.22. The molecule has 1 atom stereocenters. The normalized spacial score (nSPS) is 19.5.